The van der Waals surface area contributed by atoms with Gasteiger partial charge in [-0.25, -0.2) is 4.99 Å². The SMILES string of the molecule is CCNC(=NCc1ccc(CN2CCN(C)CC2)cc1)NCC1Cc2ccccc2O1.I. The van der Waals surface area contributed by atoms with Crippen LogP contribution in [0.4, 0.5) is 0 Å². The molecule has 2 aliphatic rings. The molecule has 0 radical (unpaired) electrons. The molecular formula is C25H36IN5O. The number of nitrogens with one attached hydrogen (secondary N) is 2. The number of piperazine rings is 1. The normalized spacial score (nSPS) is 19.1. The smallest absolute Gasteiger partial charge is 0.191 e. The Morgan fingerprint density at radius 2 is 1.72 bits per heavy atom. The highest BCUT2D eigenvalue weighted by molar-refractivity contribution is 14.0. The summed E-state index contributed by atoms with van der Waals surface area (Å²) >= 11 is 0. The topological polar surface area (TPSA) is 52.1 Å². The number of fused-ring (bicyclic) bond motifs is 1. The van der Waals surface area contributed by atoms with E-state index in [4.69, 9.17) is 9.73 Å². The van der Waals surface area contributed by atoms with E-state index in [-0.39, 0.29) is 30.1 Å². The van der Waals surface area contributed by atoms with E-state index >= 15 is 0 Å². The highest BCUT2D eigenvalue weighted by Gasteiger charge is 2.22. The van der Waals surface area contributed by atoms with Gasteiger partial charge in [-0.15, -0.1) is 24.0 Å². The van der Waals surface area contributed by atoms with Gasteiger partial charge >= 0.3 is 0 Å². The third kappa shape index (κ3) is 7.08. The van der Waals surface area contributed by atoms with E-state index < -0.39 is 0 Å². The van der Waals surface area contributed by atoms with Crippen molar-refractivity contribution >= 4 is 29.9 Å². The van der Waals surface area contributed by atoms with Gasteiger partial charge in [-0.05, 0) is 36.7 Å². The summed E-state index contributed by atoms with van der Waals surface area (Å²) in [6.07, 6.45) is 1.09. The molecule has 4 rings (SSSR count). The summed E-state index contributed by atoms with van der Waals surface area (Å²) < 4.78 is 6.03. The number of aliphatic imine (C=N–C) groups is 1. The van der Waals surface area contributed by atoms with Crippen LogP contribution >= 0.6 is 24.0 Å². The molecule has 1 fully saturated rings. The van der Waals surface area contributed by atoms with Crippen LogP contribution in [0.25, 0.3) is 0 Å². The van der Waals surface area contributed by atoms with Crippen molar-refractivity contribution in [2.45, 2.75) is 32.5 Å². The minimum Gasteiger partial charge on any atom is -0.488 e. The predicted octanol–water partition coefficient (Wildman–Crippen LogP) is 3.11. The van der Waals surface area contributed by atoms with Crippen LogP contribution in [-0.2, 0) is 19.5 Å². The molecule has 0 bridgehead atoms. The summed E-state index contributed by atoms with van der Waals surface area (Å²) in [6, 6.07) is 17.2. The second-order valence-electron chi connectivity index (χ2n) is 8.52. The summed E-state index contributed by atoms with van der Waals surface area (Å²) in [5.41, 5.74) is 3.89. The summed E-state index contributed by atoms with van der Waals surface area (Å²) in [5.74, 6) is 1.84. The number of nitrogens with zero attached hydrogens (tertiary/aromatic N) is 3. The Kier molecular flexibility index (Phi) is 9.62. The lowest BCUT2D eigenvalue weighted by atomic mass is 10.1. The van der Waals surface area contributed by atoms with Crippen molar-refractivity contribution in [1.29, 1.82) is 0 Å². The Labute approximate surface area is 209 Å². The molecule has 2 aromatic rings. The van der Waals surface area contributed by atoms with Crippen LogP contribution in [0.15, 0.2) is 53.5 Å². The van der Waals surface area contributed by atoms with Crippen LogP contribution in [0, 0.1) is 0 Å². The molecule has 2 aliphatic heterocycles. The van der Waals surface area contributed by atoms with Gasteiger partial charge in [0.2, 0.25) is 0 Å². The molecule has 1 atom stereocenters. The average molecular weight is 550 g/mol. The molecule has 0 spiro atoms. The molecule has 0 amide bonds. The zero-order valence-electron chi connectivity index (χ0n) is 19.2. The van der Waals surface area contributed by atoms with Crippen molar-refractivity contribution in [2.75, 3.05) is 46.3 Å². The third-order valence-electron chi connectivity index (χ3n) is 6.00. The minimum absolute atomic E-state index is 0. The van der Waals surface area contributed by atoms with E-state index in [1.165, 1.54) is 16.7 Å². The number of rotatable bonds is 7. The maximum absolute atomic E-state index is 6.03. The molecule has 1 saturated heterocycles. The zero-order valence-corrected chi connectivity index (χ0v) is 21.5. The maximum Gasteiger partial charge on any atom is 0.191 e. The molecule has 174 valence electrons. The Balaban J connectivity index is 0.00000289. The van der Waals surface area contributed by atoms with Gasteiger partial charge in [0.15, 0.2) is 5.96 Å². The number of ether oxygens (including phenoxy) is 1. The lowest BCUT2D eigenvalue weighted by Gasteiger charge is -2.32. The van der Waals surface area contributed by atoms with Crippen LogP contribution in [0.5, 0.6) is 5.75 Å². The van der Waals surface area contributed by atoms with Gasteiger partial charge in [0.25, 0.3) is 0 Å². The second kappa shape index (κ2) is 12.4. The fourth-order valence-corrected chi connectivity index (χ4v) is 4.10. The van der Waals surface area contributed by atoms with Crippen LogP contribution in [0.1, 0.15) is 23.6 Å². The first-order valence-electron chi connectivity index (χ1n) is 11.4. The van der Waals surface area contributed by atoms with Crippen LogP contribution < -0.4 is 15.4 Å². The fraction of sp³-hybridized carbons (Fsp3) is 0.480. The molecule has 0 aliphatic carbocycles. The van der Waals surface area contributed by atoms with Crippen molar-refractivity contribution in [3.8, 4) is 5.75 Å². The number of likely N-dealkylation sites (N-methyl/N-ethyl adjacent to an activating group) is 1. The predicted molar refractivity (Wildman–Crippen MR) is 142 cm³/mol. The van der Waals surface area contributed by atoms with Crippen molar-refractivity contribution < 1.29 is 4.74 Å². The Hall–Kier alpha value is -1.84. The zero-order chi connectivity index (χ0) is 21.5. The highest BCUT2D eigenvalue weighted by atomic mass is 127. The van der Waals surface area contributed by atoms with Crippen LogP contribution in [0.3, 0.4) is 0 Å². The van der Waals surface area contributed by atoms with E-state index in [2.05, 4.69) is 70.8 Å². The molecule has 2 aromatic carbocycles. The largest absolute Gasteiger partial charge is 0.488 e. The maximum atomic E-state index is 6.03. The lowest BCUT2D eigenvalue weighted by Crippen LogP contribution is -2.43. The van der Waals surface area contributed by atoms with E-state index in [9.17, 15) is 0 Å². The average Bonchev–Trinajstić information content (AvgIpc) is 3.21. The van der Waals surface area contributed by atoms with Gasteiger partial charge in [0, 0.05) is 45.7 Å². The number of para-hydroxylation sites is 1. The van der Waals surface area contributed by atoms with Crippen molar-refractivity contribution in [3.05, 3.63) is 65.2 Å². The molecule has 7 heteroatoms. The van der Waals surface area contributed by atoms with Gasteiger partial charge in [-0.1, -0.05) is 42.5 Å². The molecule has 2 heterocycles. The number of hydrogen-bond donors (Lipinski definition) is 2. The van der Waals surface area contributed by atoms with Gasteiger partial charge in [0.05, 0.1) is 13.1 Å². The minimum atomic E-state index is 0. The molecule has 1 unspecified atom stereocenters. The number of guanidine groups is 1. The monoisotopic (exact) mass is 549 g/mol. The molecule has 6 nitrogen and oxygen atoms in total. The van der Waals surface area contributed by atoms with Gasteiger partial charge in [-0.3, -0.25) is 4.90 Å². The van der Waals surface area contributed by atoms with Crippen LogP contribution in [0.2, 0.25) is 0 Å². The second-order valence-corrected chi connectivity index (χ2v) is 8.52. The fourth-order valence-electron chi connectivity index (χ4n) is 4.10. The number of halogens is 1. The summed E-state index contributed by atoms with van der Waals surface area (Å²) in [6.45, 7) is 9.97. The molecule has 2 N–H and O–H groups in total. The first-order valence-corrected chi connectivity index (χ1v) is 11.4. The van der Waals surface area contributed by atoms with Crippen LogP contribution in [-0.4, -0.2) is 68.2 Å². The molecular weight excluding hydrogens is 513 g/mol. The van der Waals surface area contributed by atoms with E-state index in [0.29, 0.717) is 6.54 Å². The third-order valence-corrected chi connectivity index (χ3v) is 6.00. The Bertz CT molecular complexity index is 840. The first-order chi connectivity index (χ1) is 15.2. The van der Waals surface area contributed by atoms with E-state index in [1.807, 2.05) is 12.1 Å². The van der Waals surface area contributed by atoms with Gasteiger partial charge in [-0.2, -0.15) is 0 Å². The highest BCUT2D eigenvalue weighted by Crippen LogP contribution is 2.27. The first kappa shape index (κ1) is 24.8. The van der Waals surface area contributed by atoms with Gasteiger partial charge in [0.1, 0.15) is 11.9 Å². The van der Waals surface area contributed by atoms with Crippen molar-refractivity contribution in [3.63, 3.8) is 0 Å². The quantitative estimate of drug-likeness (QED) is 0.316. The van der Waals surface area contributed by atoms with Gasteiger partial charge < -0.3 is 20.3 Å². The van der Waals surface area contributed by atoms with Crippen molar-refractivity contribution in [1.82, 2.24) is 20.4 Å². The standard InChI is InChI=1S/C25H35N5O.HI/c1-3-26-25(28-18-23-16-22-6-4-5-7-24(22)31-23)27-17-20-8-10-21(11-9-20)19-30-14-12-29(2)13-15-30;/h4-11,23H,3,12-19H2,1-2H3,(H2,26,27,28);1H. The summed E-state index contributed by atoms with van der Waals surface area (Å²) in [4.78, 5) is 9.70. The Morgan fingerprint density at radius 1 is 1.00 bits per heavy atom. The number of benzene rings is 2. The Morgan fingerprint density at radius 3 is 2.44 bits per heavy atom. The van der Waals surface area contributed by atoms with E-state index in [1.54, 1.807) is 0 Å². The number of hydrogen-bond acceptors (Lipinski definition) is 4. The molecule has 32 heavy (non-hydrogen) atoms. The summed E-state index contributed by atoms with van der Waals surface area (Å²) in [7, 11) is 2.20. The summed E-state index contributed by atoms with van der Waals surface area (Å²) in [5, 5.41) is 6.78. The lowest BCUT2D eigenvalue weighted by molar-refractivity contribution is 0.148. The van der Waals surface area contributed by atoms with E-state index in [0.717, 1.165) is 63.9 Å². The molecule has 0 saturated carbocycles. The van der Waals surface area contributed by atoms with Crippen molar-refractivity contribution in [2.24, 2.45) is 4.99 Å². The molecule has 0 aromatic heterocycles.